The molecule has 0 nitrogen and oxygen atoms in total. The molecule has 0 unspecified atom stereocenters. The number of hydrogen-bond donors (Lipinski definition) is 0. The molecule has 0 rings (SSSR count). The molecule has 0 radical (unpaired) electrons. The van der Waals surface area contributed by atoms with E-state index in [2.05, 4.69) is 0 Å². The standard InChI is InChI=1S/C3H2Cl5F3Si/c4-2(5,12(6,7)8)1-3(9,10)11/h1H2. The van der Waals surface area contributed by atoms with Gasteiger partial charge < -0.3 is 0 Å². The van der Waals surface area contributed by atoms with E-state index < -0.39 is 22.6 Å². The Kier molecular flexibility index (Phi) is 4.38. The Bertz CT molecular complexity index is 160. The Labute approximate surface area is 92.0 Å². The Morgan fingerprint density at radius 1 is 1.00 bits per heavy atom. The molecule has 0 bridgehead atoms. The lowest BCUT2D eigenvalue weighted by atomic mass is 10.5. The zero-order chi connectivity index (χ0) is 10.2. The van der Waals surface area contributed by atoms with Gasteiger partial charge in [-0.25, -0.2) is 0 Å². The fraction of sp³-hybridized carbons (Fsp3) is 1.00. The van der Waals surface area contributed by atoms with Crippen molar-refractivity contribution in [1.29, 1.82) is 0 Å². The predicted molar refractivity (Wildman–Crippen MR) is 48.4 cm³/mol. The molecule has 0 spiro atoms. The van der Waals surface area contributed by atoms with Gasteiger partial charge in [0.1, 0.15) is 0 Å². The fourth-order valence-electron chi connectivity index (χ4n) is 0.352. The zero-order valence-corrected chi connectivity index (χ0v) is 10.0. The normalized spacial score (nSPS) is 15.0. The van der Waals surface area contributed by atoms with Gasteiger partial charge >= 0.3 is 12.2 Å². The topological polar surface area (TPSA) is 0 Å². The lowest BCUT2D eigenvalue weighted by Crippen LogP contribution is -2.40. The Morgan fingerprint density at radius 3 is 1.42 bits per heavy atom. The van der Waals surface area contributed by atoms with Crippen molar-refractivity contribution in [3.05, 3.63) is 0 Å². The van der Waals surface area contributed by atoms with Crippen LogP contribution in [-0.4, -0.2) is 16.1 Å². The van der Waals surface area contributed by atoms with Crippen molar-refractivity contribution in [2.24, 2.45) is 0 Å². The van der Waals surface area contributed by atoms with Gasteiger partial charge in [-0.3, -0.25) is 0 Å². The molecule has 0 amide bonds. The zero-order valence-electron chi connectivity index (χ0n) is 5.23. The van der Waals surface area contributed by atoms with Crippen LogP contribution in [0.25, 0.3) is 0 Å². The molecule has 9 heteroatoms. The average Bonchev–Trinajstić information content (AvgIpc) is 1.52. The lowest BCUT2D eigenvalue weighted by molar-refractivity contribution is -0.133. The number of hydrogen-bond acceptors (Lipinski definition) is 0. The maximum Gasteiger partial charge on any atom is 0.391 e. The molecule has 0 fully saturated rings. The smallest absolute Gasteiger partial charge is 0.171 e. The molecule has 12 heavy (non-hydrogen) atoms. The Hall–Kier alpha value is 1.46. The molecule has 0 atom stereocenters. The molecule has 0 aromatic carbocycles. The van der Waals surface area contributed by atoms with Crippen molar-refractivity contribution < 1.29 is 13.2 Å². The maximum absolute atomic E-state index is 11.8. The summed E-state index contributed by atoms with van der Waals surface area (Å²) in [5.74, 6) is 0. The van der Waals surface area contributed by atoms with Crippen LogP contribution in [0.1, 0.15) is 6.42 Å². The second kappa shape index (κ2) is 3.91. The van der Waals surface area contributed by atoms with Crippen molar-refractivity contribution in [3.8, 4) is 0 Å². The summed E-state index contributed by atoms with van der Waals surface area (Å²) in [5.41, 5.74) is 0. The predicted octanol–water partition coefficient (Wildman–Crippen LogP) is 4.31. The summed E-state index contributed by atoms with van der Waals surface area (Å²) >= 11 is 26.1. The van der Waals surface area contributed by atoms with Gasteiger partial charge in [-0.15, -0.1) is 56.4 Å². The summed E-state index contributed by atoms with van der Waals surface area (Å²) < 4.78 is 33.0. The molecule has 0 N–H and O–H groups in total. The second-order valence-electron chi connectivity index (χ2n) is 1.99. The van der Waals surface area contributed by atoms with Gasteiger partial charge in [-0.1, -0.05) is 0 Å². The van der Waals surface area contributed by atoms with Crippen molar-refractivity contribution in [3.63, 3.8) is 0 Å². The average molecular weight is 300 g/mol. The fourth-order valence-corrected chi connectivity index (χ4v) is 1.66. The van der Waals surface area contributed by atoms with Gasteiger partial charge in [0.25, 0.3) is 0 Å². The summed E-state index contributed by atoms with van der Waals surface area (Å²) in [6.07, 6.45) is -6.06. The molecule has 0 aromatic heterocycles. The number of rotatable bonds is 2. The lowest BCUT2D eigenvalue weighted by Gasteiger charge is -2.25. The van der Waals surface area contributed by atoms with Crippen LogP contribution in [-0.2, 0) is 0 Å². The van der Waals surface area contributed by atoms with Crippen LogP contribution < -0.4 is 0 Å². The third-order valence-corrected chi connectivity index (χ3v) is 8.46. The highest BCUT2D eigenvalue weighted by molar-refractivity contribution is 7.68. The molecule has 0 saturated heterocycles. The van der Waals surface area contributed by atoms with Crippen LogP contribution in [0.2, 0.25) is 0 Å². The third kappa shape index (κ3) is 4.63. The SMILES string of the molecule is FC(F)(F)CC(Cl)(Cl)[Si](Cl)(Cl)Cl. The van der Waals surface area contributed by atoms with Crippen LogP contribution in [0.3, 0.4) is 0 Å². The van der Waals surface area contributed by atoms with Crippen molar-refractivity contribution in [2.75, 3.05) is 0 Å². The first-order valence-electron chi connectivity index (χ1n) is 2.47. The molecule has 74 valence electrons. The monoisotopic (exact) mass is 298 g/mol. The summed E-state index contributed by atoms with van der Waals surface area (Å²) in [7, 11) is 0. The van der Waals surface area contributed by atoms with Crippen LogP contribution in [0.5, 0.6) is 0 Å². The van der Waals surface area contributed by atoms with Crippen LogP contribution in [0, 0.1) is 0 Å². The summed E-state index contributed by atoms with van der Waals surface area (Å²) in [6.45, 7) is 0. The van der Waals surface area contributed by atoms with Crippen molar-refractivity contribution in [1.82, 2.24) is 0 Å². The first-order valence-corrected chi connectivity index (χ1v) is 8.26. The summed E-state index contributed by atoms with van der Waals surface area (Å²) in [4.78, 5) is 0. The molecule has 0 saturated carbocycles. The highest BCUT2D eigenvalue weighted by atomic mass is 35.8. The maximum atomic E-state index is 11.8. The van der Waals surface area contributed by atoms with E-state index in [1.165, 1.54) is 0 Å². The largest absolute Gasteiger partial charge is 0.391 e. The first-order chi connectivity index (χ1) is 4.96. The number of alkyl halides is 5. The molecule has 0 heterocycles. The minimum absolute atomic E-state index is 1.52. The van der Waals surface area contributed by atoms with E-state index in [-0.39, 0.29) is 0 Å². The molecular formula is C3H2Cl5F3Si. The van der Waals surface area contributed by atoms with Gasteiger partial charge in [-0.2, -0.15) is 13.2 Å². The number of halogens is 8. The van der Waals surface area contributed by atoms with Crippen molar-refractivity contribution >= 4 is 62.4 Å². The van der Waals surface area contributed by atoms with E-state index in [0.717, 1.165) is 0 Å². The van der Waals surface area contributed by atoms with Gasteiger partial charge in [0.05, 0.1) is 6.42 Å². The van der Waals surface area contributed by atoms with Crippen LogP contribution in [0.15, 0.2) is 0 Å². The third-order valence-electron chi connectivity index (χ3n) is 0.837. The molecule has 0 aliphatic rings. The Balaban J connectivity index is 4.44. The first kappa shape index (κ1) is 13.5. The minimum Gasteiger partial charge on any atom is -0.171 e. The van der Waals surface area contributed by atoms with Crippen molar-refractivity contribution in [2.45, 2.75) is 16.6 Å². The minimum atomic E-state index is -4.54. The molecule has 0 aliphatic carbocycles. The summed E-state index contributed by atoms with van der Waals surface area (Å²) in [5, 5.41) is 0. The van der Waals surface area contributed by atoms with E-state index in [1.54, 1.807) is 0 Å². The van der Waals surface area contributed by atoms with Gasteiger partial charge in [-0.05, 0) is 0 Å². The molecular weight excluding hydrogens is 298 g/mol. The highest BCUT2D eigenvalue weighted by Gasteiger charge is 2.55. The Morgan fingerprint density at radius 2 is 1.33 bits per heavy atom. The van der Waals surface area contributed by atoms with Gasteiger partial charge in [0.2, 0.25) is 0 Å². The van der Waals surface area contributed by atoms with Gasteiger partial charge in [0, 0.05) is 0 Å². The van der Waals surface area contributed by atoms with Crippen LogP contribution >= 0.6 is 56.4 Å². The van der Waals surface area contributed by atoms with E-state index >= 15 is 0 Å². The van der Waals surface area contributed by atoms with Gasteiger partial charge in [0.15, 0.2) is 3.96 Å². The quantitative estimate of drug-likeness (QED) is 0.405. The van der Waals surface area contributed by atoms with E-state index in [0.29, 0.717) is 0 Å². The molecule has 0 aliphatic heterocycles. The molecule has 0 aromatic rings. The summed E-state index contributed by atoms with van der Waals surface area (Å²) in [6, 6.07) is -3.77. The van der Waals surface area contributed by atoms with E-state index in [9.17, 15) is 13.2 Å². The van der Waals surface area contributed by atoms with Crippen LogP contribution in [0.4, 0.5) is 13.2 Å². The van der Waals surface area contributed by atoms with E-state index in [4.69, 9.17) is 56.4 Å². The van der Waals surface area contributed by atoms with E-state index in [1.807, 2.05) is 0 Å². The highest BCUT2D eigenvalue weighted by Crippen LogP contribution is 2.47. The second-order valence-corrected chi connectivity index (χ2v) is 12.8.